The molecule has 170 valence electrons. The Morgan fingerprint density at radius 2 is 1.97 bits per heavy atom. The average Bonchev–Trinajstić information content (AvgIpc) is 3.08. The van der Waals surface area contributed by atoms with Crippen molar-refractivity contribution in [3.63, 3.8) is 0 Å². The van der Waals surface area contributed by atoms with Crippen LogP contribution in [0.15, 0.2) is 12.4 Å². The normalized spacial score (nSPS) is 21.0. The van der Waals surface area contributed by atoms with Crippen LogP contribution in [-0.4, -0.2) is 62.2 Å². The van der Waals surface area contributed by atoms with E-state index in [0.717, 1.165) is 69.7 Å². The summed E-state index contributed by atoms with van der Waals surface area (Å²) in [6.45, 7) is 9.09. The van der Waals surface area contributed by atoms with E-state index in [-0.39, 0.29) is 12.1 Å². The van der Waals surface area contributed by atoms with E-state index < -0.39 is 0 Å². The molecule has 8 heteroatoms. The van der Waals surface area contributed by atoms with Crippen molar-refractivity contribution in [3.8, 4) is 0 Å². The summed E-state index contributed by atoms with van der Waals surface area (Å²) >= 11 is 0. The summed E-state index contributed by atoms with van der Waals surface area (Å²) in [7, 11) is 0. The van der Waals surface area contributed by atoms with Crippen molar-refractivity contribution in [3.05, 3.63) is 18.1 Å². The van der Waals surface area contributed by atoms with Crippen molar-refractivity contribution >= 4 is 17.6 Å². The first-order chi connectivity index (χ1) is 15.1. The van der Waals surface area contributed by atoms with Gasteiger partial charge >= 0.3 is 6.03 Å². The number of hydrogen-bond donors (Lipinski definition) is 1. The van der Waals surface area contributed by atoms with E-state index in [1.54, 1.807) is 6.33 Å². The Labute approximate surface area is 185 Å². The van der Waals surface area contributed by atoms with Gasteiger partial charge in [0.1, 0.15) is 12.1 Å². The fourth-order valence-corrected chi connectivity index (χ4v) is 5.17. The zero-order valence-corrected chi connectivity index (χ0v) is 19.3. The molecule has 2 saturated heterocycles. The molecule has 0 saturated carbocycles. The van der Waals surface area contributed by atoms with Crippen LogP contribution in [0, 0.1) is 5.92 Å². The quantitative estimate of drug-likeness (QED) is 0.788. The number of urea groups is 1. The summed E-state index contributed by atoms with van der Waals surface area (Å²) in [5.74, 6) is 2.33. The largest absolute Gasteiger partial charge is 0.356 e. The van der Waals surface area contributed by atoms with Crippen molar-refractivity contribution in [2.75, 3.05) is 24.5 Å². The molecule has 0 aromatic carbocycles. The lowest BCUT2D eigenvalue weighted by Gasteiger charge is -2.41. The van der Waals surface area contributed by atoms with Crippen LogP contribution in [0.4, 0.5) is 10.6 Å². The molecule has 0 bridgehead atoms. The summed E-state index contributed by atoms with van der Waals surface area (Å²) in [6, 6.07) is 2.82. The lowest BCUT2D eigenvalue weighted by molar-refractivity contribution is 0.135. The van der Waals surface area contributed by atoms with Crippen molar-refractivity contribution < 1.29 is 4.79 Å². The number of fused-ring (bicyclic) bond motifs is 1. The second-order valence-electron chi connectivity index (χ2n) is 9.37. The molecule has 4 rings (SSSR count). The van der Waals surface area contributed by atoms with E-state index in [2.05, 4.69) is 43.2 Å². The second-order valence-corrected chi connectivity index (χ2v) is 9.37. The molecular weight excluding hydrogens is 390 g/mol. The molecule has 2 aromatic heterocycles. The predicted molar refractivity (Wildman–Crippen MR) is 122 cm³/mol. The summed E-state index contributed by atoms with van der Waals surface area (Å²) in [5.41, 5.74) is 1.08. The first-order valence-corrected chi connectivity index (χ1v) is 12.1. The predicted octanol–water partition coefficient (Wildman–Crippen LogP) is 3.66. The van der Waals surface area contributed by atoms with Crippen LogP contribution in [0.2, 0.25) is 0 Å². The SMILES string of the molecule is CCCc1cc(N2CCC([C@H]3CCCCCN3C(=O)NC(C)C)CC2)n2ncnc2n1. The standard InChI is InChI=1S/C23H37N7O/c1-4-8-19-15-21(30-22(27-19)24-16-25-30)28-13-10-18(11-14-28)20-9-6-5-7-12-29(20)23(31)26-17(2)3/h15-18,20H,4-14H2,1-3H3,(H,26,31)/t20-/m1/s1. The van der Waals surface area contributed by atoms with Gasteiger partial charge in [0.25, 0.3) is 5.78 Å². The third kappa shape index (κ3) is 4.93. The van der Waals surface area contributed by atoms with Gasteiger partial charge in [-0.2, -0.15) is 14.6 Å². The Morgan fingerprint density at radius 3 is 2.71 bits per heavy atom. The zero-order chi connectivity index (χ0) is 21.8. The van der Waals surface area contributed by atoms with E-state index in [0.29, 0.717) is 17.7 Å². The highest BCUT2D eigenvalue weighted by molar-refractivity contribution is 5.75. The molecule has 0 unspecified atom stereocenters. The first-order valence-electron chi connectivity index (χ1n) is 12.1. The van der Waals surface area contributed by atoms with Crippen molar-refractivity contribution in [1.82, 2.24) is 29.8 Å². The summed E-state index contributed by atoms with van der Waals surface area (Å²) in [6.07, 6.45) is 10.5. The molecule has 0 radical (unpaired) electrons. The number of likely N-dealkylation sites (tertiary alicyclic amines) is 1. The van der Waals surface area contributed by atoms with Crippen LogP contribution in [0.1, 0.15) is 71.4 Å². The molecule has 4 heterocycles. The highest BCUT2D eigenvalue weighted by Crippen LogP contribution is 2.32. The maximum atomic E-state index is 12.9. The number of carbonyl (C=O) groups excluding carboxylic acids is 1. The smallest absolute Gasteiger partial charge is 0.317 e. The van der Waals surface area contributed by atoms with Crippen LogP contribution in [0.5, 0.6) is 0 Å². The van der Waals surface area contributed by atoms with Gasteiger partial charge in [0.15, 0.2) is 0 Å². The van der Waals surface area contributed by atoms with Gasteiger partial charge in [-0.15, -0.1) is 0 Å². The fraction of sp³-hybridized carbons (Fsp3) is 0.739. The van der Waals surface area contributed by atoms with Gasteiger partial charge in [0.2, 0.25) is 0 Å². The number of carbonyl (C=O) groups is 1. The number of piperidine rings is 1. The number of aryl methyl sites for hydroxylation is 1. The van der Waals surface area contributed by atoms with E-state index in [9.17, 15) is 4.79 Å². The number of anilines is 1. The van der Waals surface area contributed by atoms with Crippen molar-refractivity contribution in [1.29, 1.82) is 0 Å². The van der Waals surface area contributed by atoms with Gasteiger partial charge in [-0.1, -0.05) is 26.2 Å². The third-order valence-electron chi connectivity index (χ3n) is 6.67. The lowest BCUT2D eigenvalue weighted by Crippen LogP contribution is -2.52. The van der Waals surface area contributed by atoms with Gasteiger partial charge in [-0.3, -0.25) is 0 Å². The zero-order valence-electron chi connectivity index (χ0n) is 19.3. The number of aromatic nitrogens is 4. The van der Waals surface area contributed by atoms with Crippen LogP contribution in [-0.2, 0) is 6.42 Å². The van der Waals surface area contributed by atoms with Crippen LogP contribution >= 0.6 is 0 Å². The van der Waals surface area contributed by atoms with Crippen molar-refractivity contribution in [2.45, 2.75) is 84.2 Å². The first kappa shape index (κ1) is 21.8. The number of nitrogens with one attached hydrogen (secondary N) is 1. The molecular formula is C23H37N7O. The maximum absolute atomic E-state index is 12.9. The lowest BCUT2D eigenvalue weighted by atomic mass is 9.86. The Morgan fingerprint density at radius 1 is 1.16 bits per heavy atom. The Hall–Kier alpha value is -2.38. The molecule has 8 nitrogen and oxygen atoms in total. The Kier molecular flexibility index (Phi) is 6.92. The number of nitrogens with zero attached hydrogens (tertiary/aromatic N) is 6. The highest BCUT2D eigenvalue weighted by Gasteiger charge is 2.34. The van der Waals surface area contributed by atoms with E-state index >= 15 is 0 Å². The molecule has 0 spiro atoms. The van der Waals surface area contributed by atoms with Crippen molar-refractivity contribution in [2.24, 2.45) is 5.92 Å². The average molecular weight is 428 g/mol. The van der Waals surface area contributed by atoms with Gasteiger partial charge in [-0.05, 0) is 51.9 Å². The molecule has 1 N–H and O–H groups in total. The second kappa shape index (κ2) is 9.83. The van der Waals surface area contributed by atoms with Gasteiger partial charge < -0.3 is 15.1 Å². The number of rotatable bonds is 5. The minimum absolute atomic E-state index is 0.118. The van der Waals surface area contributed by atoms with Crippen LogP contribution in [0.3, 0.4) is 0 Å². The molecule has 2 aliphatic heterocycles. The van der Waals surface area contributed by atoms with Crippen LogP contribution in [0.25, 0.3) is 5.78 Å². The van der Waals surface area contributed by atoms with E-state index in [4.69, 9.17) is 0 Å². The molecule has 2 aromatic rings. The van der Waals surface area contributed by atoms with E-state index in [1.807, 2.05) is 18.4 Å². The summed E-state index contributed by atoms with van der Waals surface area (Å²) in [4.78, 5) is 26.4. The minimum Gasteiger partial charge on any atom is -0.356 e. The fourth-order valence-electron chi connectivity index (χ4n) is 5.17. The number of amides is 2. The van der Waals surface area contributed by atoms with Crippen LogP contribution < -0.4 is 10.2 Å². The molecule has 2 amide bonds. The maximum Gasteiger partial charge on any atom is 0.317 e. The third-order valence-corrected chi connectivity index (χ3v) is 6.67. The molecule has 31 heavy (non-hydrogen) atoms. The topological polar surface area (TPSA) is 78.7 Å². The molecule has 1 atom stereocenters. The van der Waals surface area contributed by atoms with Gasteiger partial charge in [-0.25, -0.2) is 9.78 Å². The molecule has 0 aliphatic carbocycles. The summed E-state index contributed by atoms with van der Waals surface area (Å²) in [5, 5.41) is 7.55. The molecule has 2 aliphatic rings. The van der Waals surface area contributed by atoms with Gasteiger partial charge in [0, 0.05) is 43.5 Å². The summed E-state index contributed by atoms with van der Waals surface area (Å²) < 4.78 is 1.87. The monoisotopic (exact) mass is 427 g/mol. The number of hydrogen-bond acceptors (Lipinski definition) is 5. The Balaban J connectivity index is 1.48. The minimum atomic E-state index is 0.118. The van der Waals surface area contributed by atoms with Gasteiger partial charge in [0.05, 0.1) is 0 Å². The van der Waals surface area contributed by atoms with E-state index in [1.165, 1.54) is 12.8 Å². The highest BCUT2D eigenvalue weighted by atomic mass is 16.2. The Bertz CT molecular complexity index is 872. The molecule has 2 fully saturated rings.